The van der Waals surface area contributed by atoms with Crippen LogP contribution in [0.4, 0.5) is 10.1 Å². The molecule has 0 unspecified atom stereocenters. The van der Waals surface area contributed by atoms with Crippen LogP contribution in [-0.4, -0.2) is 12.5 Å². The zero-order chi connectivity index (χ0) is 24.7. The normalized spacial score (nSPS) is 11.0. The maximum atomic E-state index is 13.1. The van der Waals surface area contributed by atoms with Crippen molar-refractivity contribution in [2.45, 2.75) is 20.5 Å². The van der Waals surface area contributed by atoms with Crippen molar-refractivity contribution >= 4 is 51.9 Å². The van der Waals surface area contributed by atoms with Crippen molar-refractivity contribution in [2.75, 3.05) is 11.9 Å². The first-order valence-electron chi connectivity index (χ1n) is 10.3. The fourth-order valence-corrected chi connectivity index (χ4v) is 4.00. The van der Waals surface area contributed by atoms with Crippen LogP contribution in [0.25, 0.3) is 6.08 Å². The van der Waals surface area contributed by atoms with Gasteiger partial charge in [-0.3, -0.25) is 4.79 Å². The number of rotatable bonds is 8. The summed E-state index contributed by atoms with van der Waals surface area (Å²) in [6, 6.07) is 16.7. The Hall–Kier alpha value is -3.09. The zero-order valence-electron chi connectivity index (χ0n) is 18.5. The quantitative estimate of drug-likeness (QED) is 0.176. The number of nitrogens with one attached hydrogen (secondary N) is 1. The molecular formula is C26H21ClFIN2O3. The second kappa shape index (κ2) is 11.9. The standard InChI is InChI=1S/C26H21ClFIN2O3/c1-3-33-24-12-18(11-22(29)25(24)34-15-17-5-8-21(28)9-6-17)10-19(14-30)26(32)31-23-13-20(27)7-4-16(23)2/h4-13H,3,15H2,1-2H3,(H,31,32)/b19-10+. The Labute approximate surface area is 216 Å². The van der Waals surface area contributed by atoms with Crippen LogP contribution in [-0.2, 0) is 11.4 Å². The molecule has 0 heterocycles. The van der Waals surface area contributed by atoms with Gasteiger partial charge in [0.2, 0.25) is 0 Å². The van der Waals surface area contributed by atoms with Crippen LogP contribution in [0.3, 0.4) is 0 Å². The van der Waals surface area contributed by atoms with Gasteiger partial charge < -0.3 is 14.8 Å². The van der Waals surface area contributed by atoms with E-state index < -0.39 is 5.91 Å². The third-order valence-corrected chi connectivity index (χ3v) is 5.79. The SMILES string of the molecule is CCOc1cc(/C=C(\C#N)C(=O)Nc2cc(Cl)ccc2C)cc(I)c1OCc1ccc(F)cc1. The second-order valence-corrected chi connectivity index (χ2v) is 8.86. The number of benzene rings is 3. The number of amides is 1. The number of aryl methyl sites for hydroxylation is 1. The summed E-state index contributed by atoms with van der Waals surface area (Å²) in [5, 5.41) is 12.8. The van der Waals surface area contributed by atoms with Crippen LogP contribution < -0.4 is 14.8 Å². The molecule has 174 valence electrons. The van der Waals surface area contributed by atoms with Crippen molar-refractivity contribution in [2.24, 2.45) is 0 Å². The average Bonchev–Trinajstić information content (AvgIpc) is 2.80. The van der Waals surface area contributed by atoms with Gasteiger partial charge in [0.25, 0.3) is 5.91 Å². The molecule has 0 saturated heterocycles. The van der Waals surface area contributed by atoms with Crippen LogP contribution in [0.15, 0.2) is 60.2 Å². The topological polar surface area (TPSA) is 71.3 Å². The molecule has 0 saturated carbocycles. The molecule has 3 aromatic carbocycles. The summed E-state index contributed by atoms with van der Waals surface area (Å²) in [6.07, 6.45) is 1.49. The minimum atomic E-state index is -0.544. The highest BCUT2D eigenvalue weighted by atomic mass is 127. The van der Waals surface area contributed by atoms with Gasteiger partial charge in [0.15, 0.2) is 11.5 Å². The van der Waals surface area contributed by atoms with Gasteiger partial charge in [-0.15, -0.1) is 0 Å². The van der Waals surface area contributed by atoms with E-state index in [0.29, 0.717) is 34.4 Å². The van der Waals surface area contributed by atoms with Gasteiger partial charge in [0.05, 0.1) is 10.2 Å². The lowest BCUT2D eigenvalue weighted by Gasteiger charge is -2.15. The number of halogens is 3. The molecule has 0 bridgehead atoms. The molecule has 0 aromatic heterocycles. The van der Waals surface area contributed by atoms with Gasteiger partial charge in [-0.25, -0.2) is 4.39 Å². The van der Waals surface area contributed by atoms with Crippen LogP contribution in [0.5, 0.6) is 11.5 Å². The molecule has 3 rings (SSSR count). The molecule has 0 atom stereocenters. The molecule has 0 aliphatic heterocycles. The summed E-state index contributed by atoms with van der Waals surface area (Å²) in [6.45, 7) is 4.32. The molecule has 0 aliphatic rings. The Morgan fingerprint density at radius 2 is 1.91 bits per heavy atom. The van der Waals surface area contributed by atoms with Crippen molar-refractivity contribution in [1.82, 2.24) is 0 Å². The highest BCUT2D eigenvalue weighted by Gasteiger charge is 2.15. The summed E-state index contributed by atoms with van der Waals surface area (Å²) < 4.78 is 25.6. The predicted molar refractivity (Wildman–Crippen MR) is 139 cm³/mol. The Bertz CT molecular complexity index is 1270. The lowest BCUT2D eigenvalue weighted by atomic mass is 10.1. The van der Waals surface area contributed by atoms with Crippen molar-refractivity contribution in [3.63, 3.8) is 0 Å². The average molecular weight is 591 g/mol. The number of hydrogen-bond acceptors (Lipinski definition) is 4. The molecule has 34 heavy (non-hydrogen) atoms. The lowest BCUT2D eigenvalue weighted by Crippen LogP contribution is -2.14. The van der Waals surface area contributed by atoms with E-state index in [-0.39, 0.29) is 18.0 Å². The first-order valence-corrected chi connectivity index (χ1v) is 11.8. The highest BCUT2D eigenvalue weighted by Crippen LogP contribution is 2.35. The Kier molecular flexibility index (Phi) is 8.91. The third kappa shape index (κ3) is 6.72. The van der Waals surface area contributed by atoms with Gasteiger partial charge >= 0.3 is 0 Å². The number of carbonyl (C=O) groups is 1. The fraction of sp³-hybridized carbons (Fsp3) is 0.154. The van der Waals surface area contributed by atoms with Crippen LogP contribution in [0.1, 0.15) is 23.6 Å². The third-order valence-electron chi connectivity index (χ3n) is 4.75. The fourth-order valence-electron chi connectivity index (χ4n) is 3.04. The van der Waals surface area contributed by atoms with E-state index in [9.17, 15) is 14.4 Å². The molecule has 0 fully saturated rings. The molecule has 3 aromatic rings. The number of anilines is 1. The van der Waals surface area contributed by atoms with Gasteiger partial charge in [-0.05, 0) is 95.6 Å². The van der Waals surface area contributed by atoms with E-state index in [1.165, 1.54) is 18.2 Å². The monoisotopic (exact) mass is 590 g/mol. The van der Waals surface area contributed by atoms with Crippen molar-refractivity contribution in [3.05, 3.63) is 91.3 Å². The minimum Gasteiger partial charge on any atom is -0.490 e. The van der Waals surface area contributed by atoms with Gasteiger partial charge in [0.1, 0.15) is 24.1 Å². The second-order valence-electron chi connectivity index (χ2n) is 7.26. The first-order chi connectivity index (χ1) is 16.3. The van der Waals surface area contributed by atoms with E-state index in [1.54, 1.807) is 42.5 Å². The largest absolute Gasteiger partial charge is 0.490 e. The minimum absolute atomic E-state index is 0.0717. The maximum absolute atomic E-state index is 13.1. The molecular weight excluding hydrogens is 570 g/mol. The molecule has 0 radical (unpaired) electrons. The Morgan fingerprint density at radius 3 is 2.59 bits per heavy atom. The number of hydrogen-bond donors (Lipinski definition) is 1. The van der Waals surface area contributed by atoms with Crippen molar-refractivity contribution in [1.29, 1.82) is 5.26 Å². The molecule has 1 N–H and O–H groups in total. The number of ether oxygens (including phenoxy) is 2. The molecule has 8 heteroatoms. The van der Waals surface area contributed by atoms with Crippen LogP contribution in [0.2, 0.25) is 5.02 Å². The van der Waals surface area contributed by atoms with Gasteiger partial charge in [-0.1, -0.05) is 29.8 Å². The van der Waals surface area contributed by atoms with Gasteiger partial charge in [0, 0.05) is 10.7 Å². The van der Waals surface area contributed by atoms with Gasteiger partial charge in [-0.2, -0.15) is 5.26 Å². The van der Waals surface area contributed by atoms with E-state index in [0.717, 1.165) is 14.7 Å². The van der Waals surface area contributed by atoms with Crippen LogP contribution >= 0.6 is 34.2 Å². The number of nitriles is 1. The highest BCUT2D eigenvalue weighted by molar-refractivity contribution is 14.1. The lowest BCUT2D eigenvalue weighted by molar-refractivity contribution is -0.112. The molecule has 5 nitrogen and oxygen atoms in total. The van der Waals surface area contributed by atoms with E-state index in [1.807, 2.05) is 19.9 Å². The van der Waals surface area contributed by atoms with E-state index in [2.05, 4.69) is 27.9 Å². The predicted octanol–water partition coefficient (Wildman–Crippen LogP) is 6.92. The summed E-state index contributed by atoms with van der Waals surface area (Å²) in [5.41, 5.74) is 2.70. The number of carbonyl (C=O) groups excluding carboxylic acids is 1. The summed E-state index contributed by atoms with van der Waals surface area (Å²) in [5.74, 6) is 0.150. The van der Waals surface area contributed by atoms with E-state index >= 15 is 0 Å². The van der Waals surface area contributed by atoms with E-state index in [4.69, 9.17) is 21.1 Å². The number of nitrogens with zero attached hydrogens (tertiary/aromatic N) is 1. The van der Waals surface area contributed by atoms with Crippen LogP contribution in [0, 0.1) is 27.6 Å². The Balaban J connectivity index is 1.85. The molecule has 1 amide bonds. The summed E-state index contributed by atoms with van der Waals surface area (Å²) in [7, 11) is 0. The summed E-state index contributed by atoms with van der Waals surface area (Å²) in [4.78, 5) is 12.7. The smallest absolute Gasteiger partial charge is 0.266 e. The zero-order valence-corrected chi connectivity index (χ0v) is 21.4. The molecule has 0 spiro atoms. The van der Waals surface area contributed by atoms with Crippen molar-refractivity contribution < 1.29 is 18.7 Å². The molecule has 0 aliphatic carbocycles. The van der Waals surface area contributed by atoms with Crippen molar-refractivity contribution in [3.8, 4) is 17.6 Å². The maximum Gasteiger partial charge on any atom is 0.266 e. The summed E-state index contributed by atoms with van der Waals surface area (Å²) >= 11 is 8.13. The Morgan fingerprint density at radius 1 is 1.18 bits per heavy atom. The first kappa shape index (κ1) is 25.5.